The minimum Gasteiger partial charge on any atom is -0.396 e. The molecule has 0 bridgehead atoms. The third kappa shape index (κ3) is 1.99. The van der Waals surface area contributed by atoms with Gasteiger partial charge in [0.15, 0.2) is 0 Å². The molecule has 0 heterocycles. The van der Waals surface area contributed by atoms with Crippen LogP contribution in [-0.2, 0) is 0 Å². The van der Waals surface area contributed by atoms with Crippen LogP contribution in [0.25, 0.3) is 0 Å². The number of nitrogens with zero attached hydrogens (tertiary/aromatic N) is 1. The van der Waals surface area contributed by atoms with E-state index in [2.05, 4.69) is 32.7 Å². The molecule has 1 rings (SSSR count). The lowest BCUT2D eigenvalue weighted by Crippen LogP contribution is -2.51. The van der Waals surface area contributed by atoms with Crippen LogP contribution in [0, 0.1) is 5.92 Å². The number of hydrogen-bond acceptors (Lipinski definition) is 2. The second-order valence-corrected chi connectivity index (χ2v) is 4.96. The first kappa shape index (κ1) is 10.0. The first-order valence-electron chi connectivity index (χ1n) is 4.79. The number of aliphatic hydroxyl groups is 1. The van der Waals surface area contributed by atoms with Crippen LogP contribution in [0.4, 0.5) is 0 Å². The molecule has 1 aliphatic rings. The summed E-state index contributed by atoms with van der Waals surface area (Å²) in [6, 6.07) is 0.696. The standard InChI is InChI=1S/C10H21NO/c1-10(2,3)11(4)9-5-8(6-9)7-12/h8-9,12H,5-7H2,1-4H3/t8-,9-. The predicted octanol–water partition coefficient (Wildman–Crippen LogP) is 1.49. The highest BCUT2D eigenvalue weighted by Gasteiger charge is 2.35. The van der Waals surface area contributed by atoms with Crippen molar-refractivity contribution < 1.29 is 5.11 Å². The molecule has 0 amide bonds. The Bertz CT molecular complexity index is 144. The van der Waals surface area contributed by atoms with Crippen LogP contribution >= 0.6 is 0 Å². The van der Waals surface area contributed by atoms with Gasteiger partial charge in [-0.2, -0.15) is 0 Å². The van der Waals surface area contributed by atoms with Crippen LogP contribution in [0.5, 0.6) is 0 Å². The Kier molecular flexibility index (Phi) is 2.79. The third-order valence-electron chi connectivity index (χ3n) is 3.07. The second kappa shape index (κ2) is 3.35. The molecule has 0 aromatic carbocycles. The highest BCUT2D eigenvalue weighted by molar-refractivity contribution is 4.90. The fraction of sp³-hybridized carbons (Fsp3) is 1.00. The van der Waals surface area contributed by atoms with Crippen molar-refractivity contribution in [3.63, 3.8) is 0 Å². The van der Waals surface area contributed by atoms with Gasteiger partial charge in [0.25, 0.3) is 0 Å². The Morgan fingerprint density at radius 2 is 1.83 bits per heavy atom. The SMILES string of the molecule is CN([C@H]1C[C@H](CO)C1)C(C)(C)C. The molecule has 1 saturated carbocycles. The molecule has 1 fully saturated rings. The highest BCUT2D eigenvalue weighted by atomic mass is 16.3. The molecule has 0 spiro atoms. The maximum Gasteiger partial charge on any atom is 0.0460 e. The molecule has 1 aliphatic carbocycles. The van der Waals surface area contributed by atoms with Gasteiger partial charge in [0, 0.05) is 18.2 Å². The van der Waals surface area contributed by atoms with E-state index in [-0.39, 0.29) is 5.54 Å². The van der Waals surface area contributed by atoms with Crippen LogP contribution < -0.4 is 0 Å². The molecular weight excluding hydrogens is 150 g/mol. The lowest BCUT2D eigenvalue weighted by Gasteiger charge is -2.46. The minimum absolute atomic E-state index is 0.269. The van der Waals surface area contributed by atoms with Crippen molar-refractivity contribution in [3.8, 4) is 0 Å². The summed E-state index contributed by atoms with van der Waals surface area (Å²) in [6.45, 7) is 7.08. The molecule has 0 saturated heterocycles. The summed E-state index contributed by atoms with van der Waals surface area (Å²) in [4.78, 5) is 2.42. The Labute approximate surface area is 75.6 Å². The summed E-state index contributed by atoms with van der Waals surface area (Å²) < 4.78 is 0. The van der Waals surface area contributed by atoms with E-state index >= 15 is 0 Å². The van der Waals surface area contributed by atoms with E-state index in [0.29, 0.717) is 18.6 Å². The lowest BCUT2D eigenvalue weighted by atomic mass is 9.78. The zero-order chi connectivity index (χ0) is 9.35. The highest BCUT2D eigenvalue weighted by Crippen LogP contribution is 2.33. The maximum atomic E-state index is 8.87. The number of rotatable bonds is 2. The molecule has 1 N–H and O–H groups in total. The average Bonchev–Trinajstić information content (AvgIpc) is 1.83. The monoisotopic (exact) mass is 171 g/mol. The van der Waals surface area contributed by atoms with E-state index in [9.17, 15) is 0 Å². The molecule has 72 valence electrons. The molecule has 0 aromatic rings. The van der Waals surface area contributed by atoms with E-state index < -0.39 is 0 Å². The fourth-order valence-corrected chi connectivity index (χ4v) is 1.71. The van der Waals surface area contributed by atoms with Crippen molar-refractivity contribution in [2.45, 2.75) is 45.2 Å². The van der Waals surface area contributed by atoms with E-state index in [1.807, 2.05) is 0 Å². The van der Waals surface area contributed by atoms with Crippen LogP contribution in [0.15, 0.2) is 0 Å². The van der Waals surface area contributed by atoms with Gasteiger partial charge >= 0.3 is 0 Å². The summed E-state index contributed by atoms with van der Waals surface area (Å²) >= 11 is 0. The van der Waals surface area contributed by atoms with Crippen molar-refractivity contribution in [1.29, 1.82) is 0 Å². The molecule has 0 atom stereocenters. The Balaban J connectivity index is 2.33. The summed E-state index contributed by atoms with van der Waals surface area (Å²) in [6.07, 6.45) is 2.34. The van der Waals surface area contributed by atoms with E-state index in [0.717, 1.165) is 0 Å². The normalized spacial score (nSPS) is 30.5. The number of aliphatic hydroxyl groups excluding tert-OH is 1. The molecule has 0 radical (unpaired) electrons. The molecule has 2 heteroatoms. The van der Waals surface area contributed by atoms with Crippen molar-refractivity contribution >= 4 is 0 Å². The van der Waals surface area contributed by atoms with Gasteiger partial charge in [0.2, 0.25) is 0 Å². The number of hydrogen-bond donors (Lipinski definition) is 1. The van der Waals surface area contributed by atoms with Gasteiger partial charge < -0.3 is 5.11 Å². The summed E-state index contributed by atoms with van der Waals surface area (Å²) in [5, 5.41) is 8.87. The van der Waals surface area contributed by atoms with Gasteiger partial charge in [-0.25, -0.2) is 0 Å². The van der Waals surface area contributed by atoms with Gasteiger partial charge in [-0.3, -0.25) is 4.90 Å². The van der Waals surface area contributed by atoms with Crippen LogP contribution in [0.1, 0.15) is 33.6 Å². The van der Waals surface area contributed by atoms with E-state index in [4.69, 9.17) is 5.11 Å². The van der Waals surface area contributed by atoms with Gasteiger partial charge in [-0.15, -0.1) is 0 Å². The smallest absolute Gasteiger partial charge is 0.0460 e. The quantitative estimate of drug-likeness (QED) is 0.680. The fourth-order valence-electron chi connectivity index (χ4n) is 1.71. The van der Waals surface area contributed by atoms with Crippen molar-refractivity contribution in [2.75, 3.05) is 13.7 Å². The van der Waals surface area contributed by atoms with Gasteiger partial charge in [0.1, 0.15) is 0 Å². The van der Waals surface area contributed by atoms with Crippen LogP contribution in [0.3, 0.4) is 0 Å². The van der Waals surface area contributed by atoms with Crippen molar-refractivity contribution in [3.05, 3.63) is 0 Å². The first-order chi connectivity index (χ1) is 5.45. The maximum absolute atomic E-state index is 8.87. The Morgan fingerprint density at radius 1 is 1.33 bits per heavy atom. The largest absolute Gasteiger partial charge is 0.396 e. The van der Waals surface area contributed by atoms with Crippen LogP contribution in [-0.4, -0.2) is 35.2 Å². The molecule has 12 heavy (non-hydrogen) atoms. The summed E-state index contributed by atoms with van der Waals surface area (Å²) in [7, 11) is 2.18. The van der Waals surface area contributed by atoms with Gasteiger partial charge in [-0.1, -0.05) is 0 Å². The summed E-state index contributed by atoms with van der Waals surface area (Å²) in [5.74, 6) is 0.569. The van der Waals surface area contributed by atoms with E-state index in [1.54, 1.807) is 0 Å². The Morgan fingerprint density at radius 3 is 2.17 bits per heavy atom. The minimum atomic E-state index is 0.269. The lowest BCUT2D eigenvalue weighted by molar-refractivity contribution is 0.0124. The topological polar surface area (TPSA) is 23.5 Å². The zero-order valence-electron chi connectivity index (χ0n) is 8.67. The summed E-state index contributed by atoms with van der Waals surface area (Å²) in [5.41, 5.74) is 0.269. The second-order valence-electron chi connectivity index (χ2n) is 4.96. The van der Waals surface area contributed by atoms with Crippen LogP contribution in [0.2, 0.25) is 0 Å². The Hall–Kier alpha value is -0.0800. The molecule has 0 unspecified atom stereocenters. The van der Waals surface area contributed by atoms with Crippen molar-refractivity contribution in [1.82, 2.24) is 4.90 Å². The van der Waals surface area contributed by atoms with Crippen molar-refractivity contribution in [2.24, 2.45) is 5.92 Å². The molecule has 0 aromatic heterocycles. The molecule has 2 nitrogen and oxygen atoms in total. The zero-order valence-corrected chi connectivity index (χ0v) is 8.67. The third-order valence-corrected chi connectivity index (χ3v) is 3.07. The average molecular weight is 171 g/mol. The van der Waals surface area contributed by atoms with Gasteiger partial charge in [0.05, 0.1) is 0 Å². The van der Waals surface area contributed by atoms with Gasteiger partial charge in [-0.05, 0) is 46.6 Å². The molecule has 0 aliphatic heterocycles. The molecular formula is C10H21NO. The first-order valence-corrected chi connectivity index (χ1v) is 4.79. The predicted molar refractivity (Wildman–Crippen MR) is 51.1 cm³/mol. The van der Waals surface area contributed by atoms with E-state index in [1.165, 1.54) is 12.8 Å².